The lowest BCUT2D eigenvalue weighted by Gasteiger charge is -1.99. The van der Waals surface area contributed by atoms with E-state index in [0.29, 0.717) is 5.13 Å². The number of nitrogens with zero attached hydrogens (tertiary/aromatic N) is 1. The summed E-state index contributed by atoms with van der Waals surface area (Å²) in [6.45, 7) is -0.0150. The number of hydrogen-bond donors (Lipinski definition) is 2. The maximum absolute atomic E-state index is 11.1. The molecule has 4 nitrogen and oxygen atoms in total. The summed E-state index contributed by atoms with van der Waals surface area (Å²) in [5.41, 5.74) is 7.51. The number of thiazole rings is 1. The van der Waals surface area contributed by atoms with E-state index >= 15 is 0 Å². The zero-order valence-corrected chi connectivity index (χ0v) is 10.7. The SMILES string of the molecule is NCC(=O)Nc1nc(CCc2ccccc2)cs1. The molecule has 1 aromatic heterocycles. The molecule has 5 heteroatoms. The summed E-state index contributed by atoms with van der Waals surface area (Å²) in [4.78, 5) is 15.4. The summed E-state index contributed by atoms with van der Waals surface area (Å²) in [7, 11) is 0. The summed E-state index contributed by atoms with van der Waals surface area (Å²) in [6.07, 6.45) is 1.83. The second-order valence-corrected chi connectivity index (χ2v) is 4.74. The number of aryl methyl sites for hydroxylation is 2. The first-order valence-electron chi connectivity index (χ1n) is 5.76. The van der Waals surface area contributed by atoms with Crippen molar-refractivity contribution in [2.24, 2.45) is 5.73 Å². The van der Waals surface area contributed by atoms with Gasteiger partial charge in [0.2, 0.25) is 5.91 Å². The van der Waals surface area contributed by atoms with Crippen LogP contribution in [0.2, 0.25) is 0 Å². The van der Waals surface area contributed by atoms with Gasteiger partial charge in [0.15, 0.2) is 5.13 Å². The highest BCUT2D eigenvalue weighted by Crippen LogP contribution is 2.16. The van der Waals surface area contributed by atoms with E-state index in [9.17, 15) is 4.79 Å². The molecule has 0 radical (unpaired) electrons. The molecule has 18 heavy (non-hydrogen) atoms. The van der Waals surface area contributed by atoms with Crippen molar-refractivity contribution >= 4 is 22.4 Å². The highest BCUT2D eigenvalue weighted by molar-refractivity contribution is 7.13. The molecule has 0 unspecified atom stereocenters. The fraction of sp³-hybridized carbons (Fsp3) is 0.231. The van der Waals surface area contributed by atoms with E-state index in [2.05, 4.69) is 22.4 Å². The van der Waals surface area contributed by atoms with Gasteiger partial charge in [-0.15, -0.1) is 11.3 Å². The van der Waals surface area contributed by atoms with Crippen molar-refractivity contribution in [3.05, 3.63) is 47.0 Å². The molecule has 0 spiro atoms. The zero-order chi connectivity index (χ0) is 12.8. The highest BCUT2D eigenvalue weighted by Gasteiger charge is 2.05. The second-order valence-electron chi connectivity index (χ2n) is 3.88. The summed E-state index contributed by atoms with van der Waals surface area (Å²) in [5, 5.41) is 5.24. The molecule has 0 fully saturated rings. The first-order chi connectivity index (χ1) is 8.78. The molecule has 2 rings (SSSR count). The van der Waals surface area contributed by atoms with Gasteiger partial charge in [-0.3, -0.25) is 4.79 Å². The van der Waals surface area contributed by atoms with Gasteiger partial charge in [-0.2, -0.15) is 0 Å². The number of carbonyl (C=O) groups excluding carboxylic acids is 1. The number of benzene rings is 1. The van der Waals surface area contributed by atoms with E-state index in [-0.39, 0.29) is 12.5 Å². The van der Waals surface area contributed by atoms with Crippen LogP contribution in [-0.2, 0) is 17.6 Å². The van der Waals surface area contributed by atoms with E-state index in [1.54, 1.807) is 0 Å². The van der Waals surface area contributed by atoms with Gasteiger partial charge in [0, 0.05) is 5.38 Å². The Balaban J connectivity index is 1.89. The Hall–Kier alpha value is -1.72. The number of hydrogen-bond acceptors (Lipinski definition) is 4. The smallest absolute Gasteiger partial charge is 0.239 e. The third-order valence-electron chi connectivity index (χ3n) is 2.50. The number of nitrogens with one attached hydrogen (secondary N) is 1. The lowest BCUT2D eigenvalue weighted by atomic mass is 10.1. The van der Waals surface area contributed by atoms with Crippen molar-refractivity contribution in [3.8, 4) is 0 Å². The van der Waals surface area contributed by atoms with E-state index in [0.717, 1.165) is 18.5 Å². The Morgan fingerprint density at radius 2 is 2.06 bits per heavy atom. The van der Waals surface area contributed by atoms with E-state index in [1.165, 1.54) is 16.9 Å². The molecule has 0 saturated carbocycles. The quantitative estimate of drug-likeness (QED) is 0.862. The molecule has 1 heterocycles. The normalized spacial score (nSPS) is 10.3. The van der Waals surface area contributed by atoms with Crippen molar-refractivity contribution in [2.45, 2.75) is 12.8 Å². The number of amides is 1. The molecule has 0 bridgehead atoms. The molecular formula is C13H15N3OS. The molecule has 0 aliphatic heterocycles. The predicted molar refractivity (Wildman–Crippen MR) is 73.6 cm³/mol. The fourth-order valence-corrected chi connectivity index (χ4v) is 2.33. The van der Waals surface area contributed by atoms with E-state index < -0.39 is 0 Å². The van der Waals surface area contributed by atoms with Crippen LogP contribution in [0.3, 0.4) is 0 Å². The number of aromatic nitrogens is 1. The summed E-state index contributed by atoms with van der Waals surface area (Å²) < 4.78 is 0. The van der Waals surface area contributed by atoms with Crippen molar-refractivity contribution < 1.29 is 4.79 Å². The first kappa shape index (κ1) is 12.7. The lowest BCUT2D eigenvalue weighted by Crippen LogP contribution is -2.21. The number of rotatable bonds is 5. The van der Waals surface area contributed by atoms with Crippen LogP contribution < -0.4 is 11.1 Å². The number of anilines is 1. The van der Waals surface area contributed by atoms with Gasteiger partial charge in [0.05, 0.1) is 12.2 Å². The molecular weight excluding hydrogens is 246 g/mol. The van der Waals surface area contributed by atoms with Crippen molar-refractivity contribution in [1.82, 2.24) is 4.98 Å². The molecule has 0 saturated heterocycles. The molecule has 0 atom stereocenters. The number of nitrogens with two attached hydrogens (primary N) is 1. The largest absolute Gasteiger partial charge is 0.322 e. The van der Waals surface area contributed by atoms with Crippen LogP contribution in [0.25, 0.3) is 0 Å². The summed E-state index contributed by atoms with van der Waals surface area (Å²) in [5.74, 6) is -0.209. The zero-order valence-electron chi connectivity index (χ0n) is 9.93. The molecule has 1 aromatic carbocycles. The van der Waals surface area contributed by atoms with Crippen LogP contribution in [0.5, 0.6) is 0 Å². The van der Waals surface area contributed by atoms with Crippen LogP contribution in [0, 0.1) is 0 Å². The average Bonchev–Trinajstić information content (AvgIpc) is 2.85. The van der Waals surface area contributed by atoms with Crippen LogP contribution in [0.1, 0.15) is 11.3 Å². The first-order valence-corrected chi connectivity index (χ1v) is 6.64. The van der Waals surface area contributed by atoms with Crippen molar-refractivity contribution in [2.75, 3.05) is 11.9 Å². The monoisotopic (exact) mass is 261 g/mol. The molecule has 1 amide bonds. The Kier molecular flexibility index (Phi) is 4.44. The van der Waals surface area contributed by atoms with Gasteiger partial charge < -0.3 is 11.1 Å². The molecule has 2 aromatic rings. The van der Waals surface area contributed by atoms with Crippen molar-refractivity contribution in [1.29, 1.82) is 0 Å². The average molecular weight is 261 g/mol. The fourth-order valence-electron chi connectivity index (χ4n) is 1.57. The Morgan fingerprint density at radius 1 is 1.28 bits per heavy atom. The van der Waals surface area contributed by atoms with Crippen LogP contribution in [-0.4, -0.2) is 17.4 Å². The predicted octanol–water partition coefficient (Wildman–Crippen LogP) is 1.83. The van der Waals surface area contributed by atoms with E-state index in [4.69, 9.17) is 5.73 Å². The molecule has 94 valence electrons. The van der Waals surface area contributed by atoms with E-state index in [1.807, 2.05) is 23.6 Å². The minimum atomic E-state index is -0.209. The van der Waals surface area contributed by atoms with Gasteiger partial charge in [0.25, 0.3) is 0 Å². The minimum absolute atomic E-state index is 0.0150. The Morgan fingerprint density at radius 3 is 2.78 bits per heavy atom. The number of carbonyl (C=O) groups is 1. The van der Waals surface area contributed by atoms with Gasteiger partial charge in [-0.25, -0.2) is 4.98 Å². The van der Waals surface area contributed by atoms with Crippen molar-refractivity contribution in [3.63, 3.8) is 0 Å². The second kappa shape index (κ2) is 6.28. The maximum atomic E-state index is 11.1. The topological polar surface area (TPSA) is 68.0 Å². The van der Waals surface area contributed by atoms with Gasteiger partial charge in [-0.05, 0) is 18.4 Å². The Labute approximate surface area is 110 Å². The minimum Gasteiger partial charge on any atom is -0.322 e. The standard InChI is InChI=1S/C13H15N3OS/c14-8-12(17)16-13-15-11(9-18-13)7-6-10-4-2-1-3-5-10/h1-5,9H,6-8,14H2,(H,15,16,17). The van der Waals surface area contributed by atoms with Gasteiger partial charge >= 0.3 is 0 Å². The molecule has 0 aliphatic rings. The van der Waals surface area contributed by atoms with Crippen LogP contribution in [0.15, 0.2) is 35.7 Å². The van der Waals surface area contributed by atoms with Crippen LogP contribution in [0.4, 0.5) is 5.13 Å². The summed E-state index contributed by atoms with van der Waals surface area (Å²) >= 11 is 1.43. The van der Waals surface area contributed by atoms with Gasteiger partial charge in [0.1, 0.15) is 0 Å². The molecule has 3 N–H and O–H groups in total. The van der Waals surface area contributed by atoms with Crippen LogP contribution >= 0.6 is 11.3 Å². The Bertz CT molecular complexity index is 510. The van der Waals surface area contributed by atoms with Gasteiger partial charge in [-0.1, -0.05) is 30.3 Å². The third kappa shape index (κ3) is 3.65. The maximum Gasteiger partial charge on any atom is 0.239 e. The third-order valence-corrected chi connectivity index (χ3v) is 3.30. The lowest BCUT2D eigenvalue weighted by molar-refractivity contribution is -0.114. The summed E-state index contributed by atoms with van der Waals surface area (Å²) in [6, 6.07) is 10.3. The highest BCUT2D eigenvalue weighted by atomic mass is 32.1. The molecule has 0 aliphatic carbocycles.